The van der Waals surface area contributed by atoms with E-state index in [4.69, 9.17) is 9.47 Å². The lowest BCUT2D eigenvalue weighted by atomic mass is 9.82. The number of aliphatic hydroxyl groups excluding tert-OH is 1. The van der Waals surface area contributed by atoms with Crippen molar-refractivity contribution in [3.8, 4) is 0 Å². The van der Waals surface area contributed by atoms with Gasteiger partial charge in [0, 0.05) is 30.8 Å². The Labute approximate surface area is 191 Å². The summed E-state index contributed by atoms with van der Waals surface area (Å²) in [5.74, 6) is -0.812. The van der Waals surface area contributed by atoms with Gasteiger partial charge >= 0.3 is 0 Å². The largest absolute Gasteiger partial charge is 0.492 e. The molecule has 4 rings (SSSR count). The topological polar surface area (TPSA) is 98.0 Å². The number of nitrogens with one attached hydrogen (secondary N) is 1. The van der Waals surface area contributed by atoms with E-state index >= 15 is 0 Å². The second-order valence-corrected chi connectivity index (χ2v) is 9.56. The van der Waals surface area contributed by atoms with Gasteiger partial charge in [-0.15, -0.1) is 0 Å². The van der Waals surface area contributed by atoms with Crippen LogP contribution < -0.4 is 5.32 Å². The molecule has 2 N–H and O–H groups in total. The van der Waals surface area contributed by atoms with Gasteiger partial charge in [0.15, 0.2) is 11.5 Å². The van der Waals surface area contributed by atoms with Crippen molar-refractivity contribution in [3.05, 3.63) is 22.6 Å². The summed E-state index contributed by atoms with van der Waals surface area (Å²) in [6, 6.07) is 0.247. The minimum atomic E-state index is -0.874. The standard InChI is InChI=1S/C25H38N2O5/c1-4-5-6-7-8-9-10-11-12-13-16-21(29)20-19(22(30)23(16)31-2)17(15-28)25(32-3)24-18(26-24)14-27(20)25/h17-18,24,26,28H,4-15H2,1-3H3/t17-,18+,24+,25-/m1/s1. The first-order valence-corrected chi connectivity index (χ1v) is 12.4. The number of hydrogen-bond acceptors (Lipinski definition) is 7. The Morgan fingerprint density at radius 3 is 2.28 bits per heavy atom. The van der Waals surface area contributed by atoms with E-state index in [0.29, 0.717) is 29.8 Å². The van der Waals surface area contributed by atoms with Crippen LogP contribution in [0.2, 0.25) is 0 Å². The van der Waals surface area contributed by atoms with Gasteiger partial charge in [0.2, 0.25) is 11.6 Å². The van der Waals surface area contributed by atoms with E-state index in [0.717, 1.165) is 19.3 Å². The minimum absolute atomic E-state index is 0.0163. The number of rotatable bonds is 13. The second-order valence-electron chi connectivity index (χ2n) is 9.56. The molecule has 0 radical (unpaired) electrons. The Morgan fingerprint density at radius 1 is 1.03 bits per heavy atom. The van der Waals surface area contributed by atoms with Crippen molar-refractivity contribution in [2.75, 3.05) is 27.4 Å². The van der Waals surface area contributed by atoms with Crippen LogP contribution in [-0.2, 0) is 19.1 Å². The Balaban J connectivity index is 1.43. The fraction of sp³-hybridized carbons (Fsp3) is 0.760. The van der Waals surface area contributed by atoms with E-state index in [-0.39, 0.29) is 36.0 Å². The summed E-state index contributed by atoms with van der Waals surface area (Å²) in [4.78, 5) is 29.0. The van der Waals surface area contributed by atoms with E-state index in [1.807, 2.05) is 4.90 Å². The first-order chi connectivity index (χ1) is 15.6. The highest BCUT2D eigenvalue weighted by Gasteiger charge is 2.72. The monoisotopic (exact) mass is 446 g/mol. The molecule has 0 saturated carbocycles. The van der Waals surface area contributed by atoms with Gasteiger partial charge in [-0.2, -0.15) is 0 Å². The molecule has 0 aromatic heterocycles. The third-order valence-electron chi connectivity index (χ3n) is 7.76. The van der Waals surface area contributed by atoms with Gasteiger partial charge in [0.05, 0.1) is 31.4 Å². The molecule has 0 bridgehead atoms. The van der Waals surface area contributed by atoms with E-state index in [9.17, 15) is 14.7 Å². The van der Waals surface area contributed by atoms with Crippen LogP contribution in [0.3, 0.4) is 0 Å². The van der Waals surface area contributed by atoms with Crippen LogP contribution in [0.1, 0.15) is 71.1 Å². The predicted molar refractivity (Wildman–Crippen MR) is 121 cm³/mol. The normalized spacial score (nSPS) is 30.8. The van der Waals surface area contributed by atoms with Gasteiger partial charge < -0.3 is 24.8 Å². The number of aliphatic hydroxyl groups is 1. The molecular formula is C25H38N2O5. The zero-order valence-corrected chi connectivity index (χ0v) is 19.7. The number of ether oxygens (including phenoxy) is 2. The molecule has 2 saturated heterocycles. The van der Waals surface area contributed by atoms with Crippen LogP contribution in [0, 0.1) is 5.92 Å². The highest BCUT2D eigenvalue weighted by Crippen LogP contribution is 2.55. The summed E-state index contributed by atoms with van der Waals surface area (Å²) in [6.07, 6.45) is 11.3. The van der Waals surface area contributed by atoms with Crippen molar-refractivity contribution in [1.82, 2.24) is 10.2 Å². The number of carbonyl (C=O) groups excluding carboxylic acids is 2. The number of unbranched alkanes of at least 4 members (excludes halogenated alkanes) is 8. The molecular weight excluding hydrogens is 408 g/mol. The molecule has 3 heterocycles. The predicted octanol–water partition coefficient (Wildman–Crippen LogP) is 2.83. The number of carbonyl (C=O) groups is 2. The molecule has 0 unspecified atom stereocenters. The molecule has 3 aliphatic heterocycles. The van der Waals surface area contributed by atoms with Gasteiger partial charge in [0.25, 0.3) is 0 Å². The van der Waals surface area contributed by atoms with E-state index in [1.54, 1.807) is 7.11 Å². The number of allylic oxidation sites excluding steroid dienone is 2. The summed E-state index contributed by atoms with van der Waals surface area (Å²) in [6.45, 7) is 2.59. The smallest absolute Gasteiger partial charge is 0.226 e. The Hall–Kier alpha value is -1.70. The Morgan fingerprint density at radius 2 is 1.69 bits per heavy atom. The lowest BCUT2D eigenvalue weighted by Gasteiger charge is -2.39. The average Bonchev–Trinajstić information content (AvgIpc) is 3.40. The molecule has 0 amide bonds. The van der Waals surface area contributed by atoms with Gasteiger partial charge in [0.1, 0.15) is 0 Å². The zero-order valence-electron chi connectivity index (χ0n) is 19.7. The van der Waals surface area contributed by atoms with Crippen molar-refractivity contribution in [3.63, 3.8) is 0 Å². The molecule has 7 heteroatoms. The molecule has 7 nitrogen and oxygen atoms in total. The average molecular weight is 447 g/mol. The maximum Gasteiger partial charge on any atom is 0.226 e. The lowest BCUT2D eigenvalue weighted by Crippen LogP contribution is -2.54. The molecule has 178 valence electrons. The Bertz CT molecular complexity index is 819. The number of hydrogen-bond donors (Lipinski definition) is 2. The van der Waals surface area contributed by atoms with Crippen LogP contribution in [0.5, 0.6) is 0 Å². The van der Waals surface area contributed by atoms with Crippen LogP contribution in [0.25, 0.3) is 0 Å². The quantitative estimate of drug-likeness (QED) is 0.255. The van der Waals surface area contributed by atoms with Crippen molar-refractivity contribution in [1.29, 1.82) is 0 Å². The number of methoxy groups -OCH3 is 2. The third kappa shape index (κ3) is 3.62. The van der Waals surface area contributed by atoms with Gasteiger partial charge in [-0.3, -0.25) is 9.59 Å². The Kier molecular flexibility index (Phi) is 7.08. The molecule has 4 aliphatic rings. The number of nitrogens with zero attached hydrogens (tertiary/aromatic N) is 1. The number of ketones is 2. The maximum atomic E-state index is 13.6. The first kappa shape index (κ1) is 23.5. The number of piperazine rings is 1. The minimum Gasteiger partial charge on any atom is -0.492 e. The fourth-order valence-corrected chi connectivity index (χ4v) is 6.11. The fourth-order valence-electron chi connectivity index (χ4n) is 6.11. The van der Waals surface area contributed by atoms with Crippen LogP contribution in [0.15, 0.2) is 22.6 Å². The summed E-state index contributed by atoms with van der Waals surface area (Å²) in [7, 11) is 3.05. The van der Waals surface area contributed by atoms with E-state index in [2.05, 4.69) is 12.2 Å². The van der Waals surface area contributed by atoms with Gasteiger partial charge in [-0.1, -0.05) is 58.3 Å². The molecule has 4 atom stereocenters. The molecule has 2 fully saturated rings. The molecule has 32 heavy (non-hydrogen) atoms. The first-order valence-electron chi connectivity index (χ1n) is 12.4. The van der Waals surface area contributed by atoms with Crippen molar-refractivity contribution in [2.24, 2.45) is 5.92 Å². The van der Waals surface area contributed by atoms with Crippen molar-refractivity contribution in [2.45, 2.75) is 88.9 Å². The second kappa shape index (κ2) is 9.65. The molecule has 0 spiro atoms. The van der Waals surface area contributed by atoms with Crippen molar-refractivity contribution >= 4 is 11.6 Å². The van der Waals surface area contributed by atoms with Crippen molar-refractivity contribution < 1.29 is 24.2 Å². The van der Waals surface area contributed by atoms with E-state index in [1.165, 1.54) is 45.6 Å². The summed E-state index contributed by atoms with van der Waals surface area (Å²) in [5.41, 5.74) is 0.397. The SMILES string of the molecule is CCCCCCCCCCCC1=C(OC)C(=O)C2=C(C1=O)N1C[C@@H]3N[C@@H]3[C@]1(OC)[C@@H]2CO. The molecule has 1 aliphatic carbocycles. The number of Topliss-reactive ketones (excluding diaryl/α,β-unsaturated/α-hetero) is 2. The summed E-state index contributed by atoms with van der Waals surface area (Å²) < 4.78 is 11.4. The zero-order chi connectivity index (χ0) is 22.9. The highest BCUT2D eigenvalue weighted by atomic mass is 16.5. The molecule has 0 aromatic carbocycles. The summed E-state index contributed by atoms with van der Waals surface area (Å²) in [5, 5.41) is 13.6. The van der Waals surface area contributed by atoms with Crippen LogP contribution >= 0.6 is 0 Å². The summed E-state index contributed by atoms with van der Waals surface area (Å²) >= 11 is 0. The lowest BCUT2D eigenvalue weighted by molar-refractivity contribution is -0.137. The highest BCUT2D eigenvalue weighted by molar-refractivity contribution is 6.25. The maximum absolute atomic E-state index is 13.6. The van der Waals surface area contributed by atoms with Crippen LogP contribution in [0.4, 0.5) is 0 Å². The van der Waals surface area contributed by atoms with Crippen LogP contribution in [-0.4, -0.2) is 66.8 Å². The molecule has 0 aromatic rings. The van der Waals surface area contributed by atoms with Gasteiger partial charge in [-0.05, 0) is 12.8 Å². The number of fused-ring (bicyclic) bond motifs is 4. The van der Waals surface area contributed by atoms with E-state index < -0.39 is 11.6 Å². The van der Waals surface area contributed by atoms with Gasteiger partial charge in [-0.25, -0.2) is 0 Å². The third-order valence-corrected chi connectivity index (χ3v) is 7.76.